The number of nitrogens with zero attached hydrogens (tertiary/aromatic N) is 1. The second-order valence-corrected chi connectivity index (χ2v) is 6.23. The first-order valence-electron chi connectivity index (χ1n) is 8.83. The van der Waals surface area contributed by atoms with Gasteiger partial charge in [0.2, 0.25) is 0 Å². The smallest absolute Gasteiger partial charge is 0.360 e. The van der Waals surface area contributed by atoms with Crippen molar-refractivity contribution >= 4 is 17.4 Å². The van der Waals surface area contributed by atoms with Gasteiger partial charge in [-0.05, 0) is 55.7 Å². The molecule has 2 heterocycles. The number of pyridine rings is 1. The van der Waals surface area contributed by atoms with Crippen LogP contribution in [0.1, 0.15) is 34.6 Å². The molecule has 142 valence electrons. The van der Waals surface area contributed by atoms with Crippen molar-refractivity contribution in [1.82, 2.24) is 10.3 Å². The van der Waals surface area contributed by atoms with Crippen molar-refractivity contribution in [2.24, 2.45) is 0 Å². The Hall–Kier alpha value is -3.09. The van der Waals surface area contributed by atoms with E-state index in [2.05, 4.69) is 20.4 Å². The van der Waals surface area contributed by atoms with Crippen molar-refractivity contribution < 1.29 is 19.0 Å². The van der Waals surface area contributed by atoms with Gasteiger partial charge >= 0.3 is 5.97 Å². The van der Waals surface area contributed by atoms with E-state index in [1.54, 1.807) is 12.1 Å². The molecule has 0 unspecified atom stereocenters. The number of hydrogen-bond donors (Lipinski definition) is 3. The number of benzene rings is 1. The van der Waals surface area contributed by atoms with Crippen LogP contribution in [0, 0.1) is 5.82 Å². The minimum atomic E-state index is -0.653. The van der Waals surface area contributed by atoms with Gasteiger partial charge in [0.25, 0.3) is 0 Å². The Morgan fingerprint density at radius 2 is 2.19 bits per heavy atom. The highest BCUT2D eigenvalue weighted by molar-refractivity contribution is 5.90. The number of carbonyl (C=O) groups is 1. The number of ether oxygens (including phenoxy) is 1. The summed E-state index contributed by atoms with van der Waals surface area (Å²) in [5.41, 5.74) is 3.35. The Morgan fingerprint density at radius 1 is 1.33 bits per heavy atom. The van der Waals surface area contributed by atoms with E-state index in [1.165, 1.54) is 25.3 Å². The summed E-state index contributed by atoms with van der Waals surface area (Å²) >= 11 is 0. The molecule has 3 rings (SSSR count). The van der Waals surface area contributed by atoms with E-state index in [-0.39, 0.29) is 17.3 Å². The molecule has 0 bridgehead atoms. The van der Waals surface area contributed by atoms with E-state index in [4.69, 9.17) is 0 Å². The van der Waals surface area contributed by atoms with Crippen LogP contribution >= 0.6 is 0 Å². The molecule has 0 aliphatic carbocycles. The second kappa shape index (κ2) is 8.53. The third-order valence-electron chi connectivity index (χ3n) is 4.36. The molecule has 0 fully saturated rings. The zero-order valence-electron chi connectivity index (χ0n) is 15.1. The molecule has 0 saturated heterocycles. The van der Waals surface area contributed by atoms with Crippen LogP contribution in [0.15, 0.2) is 36.4 Å². The summed E-state index contributed by atoms with van der Waals surface area (Å²) in [5.74, 6) is -1.10. The first kappa shape index (κ1) is 18.7. The number of aryl methyl sites for hydroxylation is 1. The molecule has 3 N–H and O–H groups in total. The molecule has 0 saturated carbocycles. The number of hydrogen-bond acceptors (Lipinski definition) is 6. The van der Waals surface area contributed by atoms with Gasteiger partial charge in [0.15, 0.2) is 5.69 Å². The van der Waals surface area contributed by atoms with Gasteiger partial charge in [-0.2, -0.15) is 0 Å². The number of halogens is 1. The zero-order chi connectivity index (χ0) is 19.2. The lowest BCUT2D eigenvalue weighted by molar-refractivity contribution is 0.0590. The number of aromatic nitrogens is 1. The summed E-state index contributed by atoms with van der Waals surface area (Å²) < 4.78 is 18.1. The average molecular weight is 371 g/mol. The molecule has 0 spiro atoms. The molecule has 1 aliphatic rings. The Bertz CT molecular complexity index is 868. The van der Waals surface area contributed by atoms with Crippen molar-refractivity contribution in [2.75, 3.05) is 25.5 Å². The molecule has 27 heavy (non-hydrogen) atoms. The largest absolute Gasteiger partial charge is 0.505 e. The maximum atomic E-state index is 13.5. The molecule has 7 heteroatoms. The predicted molar refractivity (Wildman–Crippen MR) is 101 cm³/mol. The van der Waals surface area contributed by atoms with Crippen molar-refractivity contribution in [1.29, 1.82) is 0 Å². The highest BCUT2D eigenvalue weighted by Gasteiger charge is 2.14. The van der Waals surface area contributed by atoms with Crippen LogP contribution in [0.4, 0.5) is 10.1 Å². The van der Waals surface area contributed by atoms with Crippen molar-refractivity contribution in [3.05, 3.63) is 59.2 Å². The molecule has 1 aliphatic heterocycles. The Labute approximate surface area is 157 Å². The van der Waals surface area contributed by atoms with Crippen LogP contribution in [0.5, 0.6) is 5.75 Å². The Kier molecular flexibility index (Phi) is 5.90. The molecule has 1 aromatic heterocycles. The fraction of sp³-hybridized carbons (Fsp3) is 0.300. The van der Waals surface area contributed by atoms with Crippen molar-refractivity contribution in [3.8, 4) is 5.75 Å². The molecular weight excluding hydrogens is 349 g/mol. The minimum absolute atomic E-state index is 0.0633. The van der Waals surface area contributed by atoms with E-state index in [0.717, 1.165) is 42.0 Å². The molecule has 1 aromatic carbocycles. The van der Waals surface area contributed by atoms with E-state index in [9.17, 15) is 14.3 Å². The van der Waals surface area contributed by atoms with E-state index in [1.807, 2.05) is 6.08 Å². The van der Waals surface area contributed by atoms with Crippen LogP contribution in [0.3, 0.4) is 0 Å². The van der Waals surface area contributed by atoms with Crippen LogP contribution in [-0.2, 0) is 11.2 Å². The molecular formula is C20H22FN3O3. The number of methoxy groups -OCH3 is 1. The number of fused-ring (bicyclic) bond motifs is 1. The molecule has 0 atom stereocenters. The third kappa shape index (κ3) is 4.55. The first-order chi connectivity index (χ1) is 13.1. The molecule has 0 radical (unpaired) electrons. The minimum Gasteiger partial charge on any atom is -0.505 e. The van der Waals surface area contributed by atoms with Gasteiger partial charge in [-0.3, -0.25) is 0 Å². The molecule has 6 nitrogen and oxygen atoms in total. The Morgan fingerprint density at radius 3 is 3.00 bits per heavy atom. The van der Waals surface area contributed by atoms with Crippen molar-refractivity contribution in [3.63, 3.8) is 0 Å². The van der Waals surface area contributed by atoms with Gasteiger partial charge in [0, 0.05) is 35.7 Å². The maximum Gasteiger partial charge on any atom is 0.360 e. The molecule has 0 amide bonds. The van der Waals surface area contributed by atoms with Crippen LogP contribution < -0.4 is 10.6 Å². The lowest BCUT2D eigenvalue weighted by Gasteiger charge is -2.20. The van der Waals surface area contributed by atoms with Crippen LogP contribution in [0.25, 0.3) is 5.70 Å². The van der Waals surface area contributed by atoms with Gasteiger partial charge < -0.3 is 20.5 Å². The van der Waals surface area contributed by atoms with E-state index >= 15 is 0 Å². The molecule has 2 aromatic rings. The lowest BCUT2D eigenvalue weighted by Crippen LogP contribution is -2.20. The van der Waals surface area contributed by atoms with Gasteiger partial charge in [0.1, 0.15) is 11.6 Å². The summed E-state index contributed by atoms with van der Waals surface area (Å²) in [5, 5.41) is 16.3. The predicted octanol–water partition coefficient (Wildman–Crippen LogP) is 3.09. The number of carbonyl (C=O) groups excluding carboxylic acids is 1. The van der Waals surface area contributed by atoms with Crippen molar-refractivity contribution in [2.45, 2.75) is 19.3 Å². The summed E-state index contributed by atoms with van der Waals surface area (Å²) in [6.07, 6.45) is 4.42. The zero-order valence-corrected chi connectivity index (χ0v) is 15.1. The SMILES string of the molecule is COC(=O)c1nc(CCCCNC2=CCNc3ccc(F)cc32)ccc1O. The number of aromatic hydroxyl groups is 1. The summed E-state index contributed by atoms with van der Waals surface area (Å²) in [6.45, 7) is 1.44. The van der Waals surface area contributed by atoms with Gasteiger partial charge in [0.05, 0.1) is 7.11 Å². The monoisotopic (exact) mass is 371 g/mol. The van der Waals surface area contributed by atoms with Gasteiger partial charge in [-0.15, -0.1) is 0 Å². The normalized spacial score (nSPS) is 12.6. The van der Waals surface area contributed by atoms with Gasteiger partial charge in [-0.1, -0.05) is 0 Å². The highest BCUT2D eigenvalue weighted by atomic mass is 19.1. The maximum absolute atomic E-state index is 13.5. The van der Waals surface area contributed by atoms with Gasteiger partial charge in [-0.25, -0.2) is 14.2 Å². The quantitative estimate of drug-likeness (QED) is 0.512. The standard InChI is InChI=1S/C20H22FN3O3/c1-27-20(26)19-18(25)8-6-14(24-19)4-2-3-10-22-17-9-11-23-16-7-5-13(21)12-15(16)17/h5-9,12,22-23,25H,2-4,10-11H2,1H3. The average Bonchev–Trinajstić information content (AvgIpc) is 2.68. The summed E-state index contributed by atoms with van der Waals surface area (Å²) in [4.78, 5) is 15.7. The fourth-order valence-electron chi connectivity index (χ4n) is 2.97. The van der Waals surface area contributed by atoms with E-state index < -0.39 is 5.97 Å². The number of anilines is 1. The number of unbranched alkanes of at least 4 members (excludes halogenated alkanes) is 1. The lowest BCUT2D eigenvalue weighted by atomic mass is 10.1. The summed E-state index contributed by atoms with van der Waals surface area (Å²) in [7, 11) is 1.25. The number of rotatable bonds is 7. The number of esters is 1. The van der Waals surface area contributed by atoms with Crippen LogP contribution in [0.2, 0.25) is 0 Å². The highest BCUT2D eigenvalue weighted by Crippen LogP contribution is 2.26. The topological polar surface area (TPSA) is 83.5 Å². The second-order valence-electron chi connectivity index (χ2n) is 6.23. The van der Waals surface area contributed by atoms with E-state index in [0.29, 0.717) is 13.0 Å². The van der Waals surface area contributed by atoms with Crippen LogP contribution in [-0.4, -0.2) is 36.3 Å². The summed E-state index contributed by atoms with van der Waals surface area (Å²) in [6, 6.07) is 7.87. The fourth-order valence-corrected chi connectivity index (χ4v) is 2.97. The Balaban J connectivity index is 1.50. The third-order valence-corrected chi connectivity index (χ3v) is 4.36. The number of nitrogens with one attached hydrogen (secondary N) is 2. The first-order valence-corrected chi connectivity index (χ1v) is 8.83.